The van der Waals surface area contributed by atoms with Crippen LogP contribution in [0.2, 0.25) is 0 Å². The number of carbonyl (C=O) groups is 1. The Balaban J connectivity index is 1.31. The van der Waals surface area contributed by atoms with Crippen molar-refractivity contribution >= 4 is 28.1 Å². The molecule has 0 unspecified atom stereocenters. The predicted octanol–water partition coefficient (Wildman–Crippen LogP) is 5.53. The molecular weight excluding hydrogens is 430 g/mol. The van der Waals surface area contributed by atoms with Gasteiger partial charge in [0, 0.05) is 18.3 Å². The van der Waals surface area contributed by atoms with Crippen LogP contribution in [0.5, 0.6) is 17.2 Å². The standard InChI is InChI=1S/C23H17N3O5S/c27-22(15-30-18-12-8-17(9-13-18)26(28)29)25-23-24-14-21(32-23)16-6-10-20(11-7-16)31-19-4-2-1-3-5-19/h1-14H,15H2,(H,24,25,27). The van der Waals surface area contributed by atoms with Gasteiger partial charge in [-0.2, -0.15) is 0 Å². The summed E-state index contributed by atoms with van der Waals surface area (Å²) in [5, 5.41) is 13.8. The maximum atomic E-state index is 12.1. The van der Waals surface area contributed by atoms with E-state index in [1.165, 1.54) is 35.6 Å². The van der Waals surface area contributed by atoms with Crippen molar-refractivity contribution in [1.82, 2.24) is 4.98 Å². The van der Waals surface area contributed by atoms with Crippen molar-refractivity contribution in [1.29, 1.82) is 0 Å². The number of nitrogens with zero attached hydrogens (tertiary/aromatic N) is 2. The molecule has 4 rings (SSSR count). The molecule has 3 aromatic carbocycles. The molecule has 0 radical (unpaired) electrons. The maximum Gasteiger partial charge on any atom is 0.269 e. The van der Waals surface area contributed by atoms with Crippen LogP contribution in [0.3, 0.4) is 0 Å². The van der Waals surface area contributed by atoms with Crippen molar-refractivity contribution in [3.8, 4) is 27.7 Å². The number of amides is 1. The third-order valence-electron chi connectivity index (χ3n) is 4.29. The Morgan fingerprint density at radius 2 is 1.59 bits per heavy atom. The van der Waals surface area contributed by atoms with E-state index in [0.29, 0.717) is 10.9 Å². The number of hydrogen-bond donors (Lipinski definition) is 1. The number of thiazole rings is 1. The van der Waals surface area contributed by atoms with Crippen LogP contribution in [0.25, 0.3) is 10.4 Å². The Morgan fingerprint density at radius 3 is 2.28 bits per heavy atom. The molecule has 32 heavy (non-hydrogen) atoms. The topological polar surface area (TPSA) is 104 Å². The van der Waals surface area contributed by atoms with E-state index >= 15 is 0 Å². The molecule has 0 aliphatic heterocycles. The number of anilines is 1. The molecule has 0 aliphatic carbocycles. The average molecular weight is 447 g/mol. The summed E-state index contributed by atoms with van der Waals surface area (Å²) in [6, 6.07) is 22.6. The molecule has 160 valence electrons. The van der Waals surface area contributed by atoms with E-state index in [-0.39, 0.29) is 18.2 Å². The monoisotopic (exact) mass is 447 g/mol. The first-order chi connectivity index (χ1) is 15.6. The van der Waals surface area contributed by atoms with Gasteiger partial charge < -0.3 is 9.47 Å². The lowest BCUT2D eigenvalue weighted by atomic mass is 10.2. The molecule has 9 heteroatoms. The highest BCUT2D eigenvalue weighted by molar-refractivity contribution is 7.19. The van der Waals surface area contributed by atoms with Gasteiger partial charge in [-0.15, -0.1) is 0 Å². The van der Waals surface area contributed by atoms with Gasteiger partial charge in [0.15, 0.2) is 11.7 Å². The van der Waals surface area contributed by atoms with Crippen LogP contribution >= 0.6 is 11.3 Å². The molecule has 8 nitrogen and oxygen atoms in total. The van der Waals surface area contributed by atoms with Crippen molar-refractivity contribution in [2.24, 2.45) is 0 Å². The third-order valence-corrected chi connectivity index (χ3v) is 5.25. The highest BCUT2D eigenvalue weighted by Gasteiger charge is 2.10. The first-order valence-corrected chi connectivity index (χ1v) is 10.3. The fraction of sp³-hybridized carbons (Fsp3) is 0.0435. The lowest BCUT2D eigenvalue weighted by Gasteiger charge is -2.06. The average Bonchev–Trinajstić information content (AvgIpc) is 3.27. The van der Waals surface area contributed by atoms with E-state index in [1.807, 2.05) is 54.6 Å². The van der Waals surface area contributed by atoms with Crippen molar-refractivity contribution in [3.05, 3.63) is 95.2 Å². The minimum Gasteiger partial charge on any atom is -0.484 e. The van der Waals surface area contributed by atoms with Gasteiger partial charge in [0.05, 0.1) is 9.80 Å². The predicted molar refractivity (Wildman–Crippen MR) is 121 cm³/mol. The minimum absolute atomic E-state index is 0.0447. The third kappa shape index (κ3) is 5.46. The van der Waals surface area contributed by atoms with E-state index < -0.39 is 4.92 Å². The number of rotatable bonds is 8. The van der Waals surface area contributed by atoms with Crippen molar-refractivity contribution < 1.29 is 19.2 Å². The molecule has 4 aromatic rings. The van der Waals surface area contributed by atoms with E-state index in [2.05, 4.69) is 10.3 Å². The van der Waals surface area contributed by atoms with Gasteiger partial charge in [-0.05, 0) is 54.1 Å². The quantitative estimate of drug-likeness (QED) is 0.281. The van der Waals surface area contributed by atoms with Crippen LogP contribution in [-0.2, 0) is 4.79 Å². The number of nitro groups is 1. The number of aromatic nitrogens is 1. The van der Waals surface area contributed by atoms with E-state index in [1.54, 1.807) is 6.20 Å². The van der Waals surface area contributed by atoms with Crippen LogP contribution in [0.15, 0.2) is 85.1 Å². The molecule has 1 N–H and O–H groups in total. The van der Waals surface area contributed by atoms with Crippen molar-refractivity contribution in [3.63, 3.8) is 0 Å². The zero-order valence-electron chi connectivity index (χ0n) is 16.6. The van der Waals surface area contributed by atoms with Gasteiger partial charge in [-0.3, -0.25) is 20.2 Å². The Kier molecular flexibility index (Phi) is 6.38. The van der Waals surface area contributed by atoms with Gasteiger partial charge in [-0.1, -0.05) is 29.5 Å². The molecule has 1 aromatic heterocycles. The molecule has 1 amide bonds. The van der Waals surface area contributed by atoms with Crippen molar-refractivity contribution in [2.45, 2.75) is 0 Å². The van der Waals surface area contributed by atoms with Crippen LogP contribution in [-0.4, -0.2) is 22.4 Å². The number of nitrogens with one attached hydrogen (secondary N) is 1. The highest BCUT2D eigenvalue weighted by atomic mass is 32.1. The van der Waals surface area contributed by atoms with Gasteiger partial charge in [-0.25, -0.2) is 4.98 Å². The number of benzene rings is 3. The lowest BCUT2D eigenvalue weighted by molar-refractivity contribution is -0.384. The molecular formula is C23H17N3O5S. The number of hydrogen-bond acceptors (Lipinski definition) is 7. The van der Waals surface area contributed by atoms with E-state index in [9.17, 15) is 14.9 Å². The molecule has 1 heterocycles. The largest absolute Gasteiger partial charge is 0.484 e. The number of carbonyl (C=O) groups excluding carboxylic acids is 1. The molecule has 0 aliphatic rings. The maximum absolute atomic E-state index is 12.1. The number of para-hydroxylation sites is 1. The van der Waals surface area contributed by atoms with Gasteiger partial charge in [0.2, 0.25) is 0 Å². The smallest absolute Gasteiger partial charge is 0.269 e. The van der Waals surface area contributed by atoms with Crippen molar-refractivity contribution in [2.75, 3.05) is 11.9 Å². The van der Waals surface area contributed by atoms with Crippen LogP contribution < -0.4 is 14.8 Å². The lowest BCUT2D eigenvalue weighted by Crippen LogP contribution is -2.19. The summed E-state index contributed by atoms with van der Waals surface area (Å²) in [6.07, 6.45) is 1.69. The fourth-order valence-electron chi connectivity index (χ4n) is 2.75. The molecule has 0 spiro atoms. The Morgan fingerprint density at radius 1 is 0.938 bits per heavy atom. The summed E-state index contributed by atoms with van der Waals surface area (Å²) in [4.78, 5) is 27.4. The molecule has 0 bridgehead atoms. The zero-order chi connectivity index (χ0) is 22.3. The van der Waals surface area contributed by atoms with Gasteiger partial charge in [0.1, 0.15) is 17.2 Å². The minimum atomic E-state index is -0.500. The van der Waals surface area contributed by atoms with Crippen LogP contribution in [0.1, 0.15) is 0 Å². The molecule has 0 saturated carbocycles. The summed E-state index contributed by atoms with van der Waals surface area (Å²) < 4.78 is 11.1. The van der Waals surface area contributed by atoms with E-state index in [0.717, 1.165) is 21.9 Å². The SMILES string of the molecule is O=C(COc1ccc([N+](=O)[O-])cc1)Nc1ncc(-c2ccc(Oc3ccccc3)cc2)s1. The van der Waals surface area contributed by atoms with Crippen LogP contribution in [0.4, 0.5) is 10.8 Å². The zero-order valence-corrected chi connectivity index (χ0v) is 17.5. The Hall–Kier alpha value is -4.24. The highest BCUT2D eigenvalue weighted by Crippen LogP contribution is 2.31. The second-order valence-corrected chi connectivity index (χ2v) is 7.59. The first kappa shape index (κ1) is 21.0. The fourth-order valence-corrected chi connectivity index (χ4v) is 3.58. The second-order valence-electron chi connectivity index (χ2n) is 6.56. The summed E-state index contributed by atoms with van der Waals surface area (Å²) in [5.41, 5.74) is 0.905. The van der Waals surface area contributed by atoms with Gasteiger partial charge >= 0.3 is 0 Å². The molecule has 0 saturated heterocycles. The Labute approximate surface area is 187 Å². The second kappa shape index (κ2) is 9.71. The Bertz CT molecular complexity index is 1210. The number of ether oxygens (including phenoxy) is 2. The molecule has 0 fully saturated rings. The summed E-state index contributed by atoms with van der Waals surface area (Å²) in [7, 11) is 0. The van der Waals surface area contributed by atoms with E-state index in [4.69, 9.17) is 9.47 Å². The number of non-ortho nitro benzene ring substituents is 1. The summed E-state index contributed by atoms with van der Waals surface area (Å²) in [6.45, 7) is -0.238. The first-order valence-electron chi connectivity index (χ1n) is 9.53. The summed E-state index contributed by atoms with van der Waals surface area (Å²) >= 11 is 1.34. The number of nitro benzene ring substituents is 1. The normalized spacial score (nSPS) is 10.4. The van der Waals surface area contributed by atoms with Crippen LogP contribution in [0, 0.1) is 10.1 Å². The van der Waals surface area contributed by atoms with Gasteiger partial charge in [0.25, 0.3) is 11.6 Å². The molecule has 0 atom stereocenters. The summed E-state index contributed by atoms with van der Waals surface area (Å²) in [5.74, 6) is 1.47.